The van der Waals surface area contributed by atoms with Gasteiger partial charge >= 0.3 is 0 Å². The molecule has 1 amide bonds. The Balaban J connectivity index is 0.000000637. The van der Waals surface area contributed by atoms with E-state index in [-0.39, 0.29) is 5.91 Å². The van der Waals surface area contributed by atoms with Crippen LogP contribution < -0.4 is 5.32 Å². The minimum atomic E-state index is 0.0154. The molecule has 3 rings (SSSR count). The van der Waals surface area contributed by atoms with Crippen molar-refractivity contribution < 1.29 is 4.79 Å². The van der Waals surface area contributed by atoms with Crippen LogP contribution in [0.1, 0.15) is 54.2 Å². The van der Waals surface area contributed by atoms with Crippen LogP contribution in [0.15, 0.2) is 18.2 Å². The zero-order valence-corrected chi connectivity index (χ0v) is 12.2. The molecule has 0 spiro atoms. The monoisotopic (exact) mass is 260 g/mol. The van der Waals surface area contributed by atoms with E-state index in [0.29, 0.717) is 6.04 Å². The van der Waals surface area contributed by atoms with Crippen LogP contribution in [0, 0.1) is 0 Å². The molecule has 0 aromatic heterocycles. The lowest BCUT2D eigenvalue weighted by molar-refractivity contribution is 0.0963. The highest BCUT2D eigenvalue weighted by Crippen LogP contribution is 2.37. The highest BCUT2D eigenvalue weighted by Gasteiger charge is 2.31. The third kappa shape index (κ3) is 2.66. The fraction of sp³-hybridized carbons (Fsp3) is 0.562. The lowest BCUT2D eigenvalue weighted by Crippen LogP contribution is -2.31. The summed E-state index contributed by atoms with van der Waals surface area (Å²) in [5.41, 5.74) is 3.60. The summed E-state index contributed by atoms with van der Waals surface area (Å²) >= 11 is 0. The van der Waals surface area contributed by atoms with E-state index in [1.807, 2.05) is 19.9 Å². The van der Waals surface area contributed by atoms with Crippen molar-refractivity contribution in [1.29, 1.82) is 0 Å². The van der Waals surface area contributed by atoms with Crippen molar-refractivity contribution >= 4 is 5.91 Å². The molecule has 1 atom stereocenters. The second-order valence-corrected chi connectivity index (χ2v) is 4.94. The highest BCUT2D eigenvalue weighted by molar-refractivity contribution is 5.94. The molecule has 19 heavy (non-hydrogen) atoms. The van der Waals surface area contributed by atoms with Gasteiger partial charge in [0.15, 0.2) is 0 Å². The lowest BCUT2D eigenvalue weighted by Gasteiger charge is -2.32. The van der Waals surface area contributed by atoms with Crippen molar-refractivity contribution in [3.05, 3.63) is 34.9 Å². The van der Waals surface area contributed by atoms with Crippen LogP contribution in [0.25, 0.3) is 0 Å². The molecule has 104 valence electrons. The second-order valence-electron chi connectivity index (χ2n) is 4.94. The van der Waals surface area contributed by atoms with Crippen LogP contribution >= 0.6 is 0 Å². The van der Waals surface area contributed by atoms with Gasteiger partial charge in [0.25, 0.3) is 5.91 Å². The summed E-state index contributed by atoms with van der Waals surface area (Å²) in [6.07, 6.45) is 3.66. The number of rotatable bonds is 1. The number of hydrogen-bond acceptors (Lipinski definition) is 2. The molecule has 3 heteroatoms. The van der Waals surface area contributed by atoms with Crippen LogP contribution in [0.2, 0.25) is 0 Å². The van der Waals surface area contributed by atoms with Crippen molar-refractivity contribution in [1.82, 2.24) is 10.2 Å². The Labute approximate surface area is 116 Å². The Morgan fingerprint density at radius 2 is 2.11 bits per heavy atom. The SMILES string of the molecule is CC.CNC(=O)c1ccc2c(c1)CCN1CCCC21. The van der Waals surface area contributed by atoms with E-state index in [1.54, 1.807) is 7.05 Å². The quantitative estimate of drug-likeness (QED) is 0.842. The molecule has 2 aliphatic heterocycles. The molecule has 3 nitrogen and oxygen atoms in total. The third-order valence-electron chi connectivity index (χ3n) is 4.02. The smallest absolute Gasteiger partial charge is 0.251 e. The van der Waals surface area contributed by atoms with Crippen molar-refractivity contribution in [3.8, 4) is 0 Å². The molecule has 1 aromatic rings. The first kappa shape index (κ1) is 14.1. The summed E-state index contributed by atoms with van der Waals surface area (Å²) in [6, 6.07) is 6.79. The van der Waals surface area contributed by atoms with E-state index in [1.165, 1.54) is 30.5 Å². The maximum Gasteiger partial charge on any atom is 0.251 e. The number of hydrogen-bond donors (Lipinski definition) is 1. The van der Waals surface area contributed by atoms with Gasteiger partial charge in [-0.25, -0.2) is 0 Å². The topological polar surface area (TPSA) is 32.3 Å². The van der Waals surface area contributed by atoms with E-state index in [0.717, 1.165) is 18.5 Å². The van der Waals surface area contributed by atoms with Gasteiger partial charge in [-0.1, -0.05) is 19.9 Å². The summed E-state index contributed by atoms with van der Waals surface area (Å²) in [5, 5.41) is 2.69. The van der Waals surface area contributed by atoms with Gasteiger partial charge < -0.3 is 5.32 Å². The van der Waals surface area contributed by atoms with Gasteiger partial charge in [0.2, 0.25) is 0 Å². The predicted molar refractivity (Wildman–Crippen MR) is 78.4 cm³/mol. The Morgan fingerprint density at radius 3 is 2.84 bits per heavy atom. The number of nitrogens with one attached hydrogen (secondary N) is 1. The average molecular weight is 260 g/mol. The molecule has 1 fully saturated rings. The Kier molecular flexibility index (Phi) is 4.59. The number of amides is 1. The number of carbonyl (C=O) groups is 1. The average Bonchev–Trinajstić information content (AvgIpc) is 2.96. The highest BCUT2D eigenvalue weighted by atomic mass is 16.1. The van der Waals surface area contributed by atoms with Crippen molar-refractivity contribution in [2.24, 2.45) is 0 Å². The summed E-state index contributed by atoms with van der Waals surface area (Å²) in [4.78, 5) is 14.2. The molecular formula is C16H24N2O. The maximum absolute atomic E-state index is 11.6. The molecule has 2 aliphatic rings. The first-order valence-corrected chi connectivity index (χ1v) is 7.38. The lowest BCUT2D eigenvalue weighted by atomic mass is 9.91. The van der Waals surface area contributed by atoms with Gasteiger partial charge in [0.05, 0.1) is 0 Å². The second kappa shape index (κ2) is 6.20. The molecule has 2 heterocycles. The van der Waals surface area contributed by atoms with Crippen LogP contribution in [0.3, 0.4) is 0 Å². The number of carbonyl (C=O) groups excluding carboxylic acids is 1. The summed E-state index contributed by atoms with van der Waals surface area (Å²) in [6.45, 7) is 6.39. The summed E-state index contributed by atoms with van der Waals surface area (Å²) < 4.78 is 0. The van der Waals surface area contributed by atoms with Gasteiger partial charge in [0.1, 0.15) is 0 Å². The van der Waals surface area contributed by atoms with E-state index in [9.17, 15) is 4.79 Å². The van der Waals surface area contributed by atoms with Gasteiger partial charge in [-0.05, 0) is 49.1 Å². The van der Waals surface area contributed by atoms with E-state index in [4.69, 9.17) is 0 Å². The van der Waals surface area contributed by atoms with Gasteiger partial charge in [-0.3, -0.25) is 9.69 Å². The molecule has 1 N–H and O–H groups in total. The van der Waals surface area contributed by atoms with Gasteiger partial charge in [0, 0.05) is 25.2 Å². The van der Waals surface area contributed by atoms with Gasteiger partial charge in [-0.15, -0.1) is 0 Å². The Bertz CT molecular complexity index is 456. The molecule has 0 saturated carbocycles. The van der Waals surface area contributed by atoms with E-state index < -0.39 is 0 Å². The number of benzene rings is 1. The fourth-order valence-electron chi connectivity index (χ4n) is 3.14. The molecule has 0 bridgehead atoms. The number of nitrogens with zero attached hydrogens (tertiary/aromatic N) is 1. The minimum absolute atomic E-state index is 0.0154. The molecule has 0 aliphatic carbocycles. The number of fused-ring (bicyclic) bond motifs is 3. The fourth-order valence-corrected chi connectivity index (χ4v) is 3.14. The first-order valence-electron chi connectivity index (χ1n) is 7.38. The molecule has 0 radical (unpaired) electrons. The summed E-state index contributed by atoms with van der Waals surface area (Å²) in [7, 11) is 1.68. The van der Waals surface area contributed by atoms with E-state index in [2.05, 4.69) is 22.3 Å². The van der Waals surface area contributed by atoms with Crippen LogP contribution in [-0.2, 0) is 6.42 Å². The van der Waals surface area contributed by atoms with Crippen LogP contribution in [0.5, 0.6) is 0 Å². The largest absolute Gasteiger partial charge is 0.355 e. The Hall–Kier alpha value is -1.35. The molecule has 1 saturated heterocycles. The first-order chi connectivity index (χ1) is 9.29. The zero-order valence-electron chi connectivity index (χ0n) is 12.2. The molecular weight excluding hydrogens is 236 g/mol. The zero-order chi connectivity index (χ0) is 13.8. The van der Waals surface area contributed by atoms with Crippen LogP contribution in [0.4, 0.5) is 0 Å². The van der Waals surface area contributed by atoms with Crippen LogP contribution in [-0.4, -0.2) is 30.9 Å². The third-order valence-corrected chi connectivity index (χ3v) is 4.02. The Morgan fingerprint density at radius 1 is 1.32 bits per heavy atom. The van der Waals surface area contributed by atoms with Crippen molar-refractivity contribution in [3.63, 3.8) is 0 Å². The maximum atomic E-state index is 11.6. The van der Waals surface area contributed by atoms with Gasteiger partial charge in [-0.2, -0.15) is 0 Å². The minimum Gasteiger partial charge on any atom is -0.355 e. The molecule has 1 aromatic carbocycles. The normalized spacial score (nSPS) is 20.9. The standard InChI is InChI=1S/C14H18N2O.C2H6/c1-15-14(17)11-4-5-12-10(9-11)6-8-16-7-2-3-13(12)16;1-2/h4-5,9,13H,2-3,6-8H2,1H3,(H,15,17);1-2H3. The van der Waals surface area contributed by atoms with Crippen molar-refractivity contribution in [2.75, 3.05) is 20.1 Å². The molecule has 1 unspecified atom stereocenters. The van der Waals surface area contributed by atoms with E-state index >= 15 is 0 Å². The van der Waals surface area contributed by atoms with Crippen molar-refractivity contribution in [2.45, 2.75) is 39.2 Å². The summed E-state index contributed by atoms with van der Waals surface area (Å²) in [5.74, 6) is 0.0154. The predicted octanol–water partition coefficient (Wildman–Crippen LogP) is 2.77.